The van der Waals surface area contributed by atoms with E-state index in [9.17, 15) is 0 Å². The van der Waals surface area contributed by atoms with E-state index in [0.717, 1.165) is 39.8 Å². The summed E-state index contributed by atoms with van der Waals surface area (Å²) in [5.74, 6) is 3.07. The van der Waals surface area contributed by atoms with Crippen LogP contribution >= 0.6 is 11.8 Å². The Balaban J connectivity index is 1.69. The molecule has 0 atom stereocenters. The molecule has 1 N–H and O–H groups in total. The van der Waals surface area contributed by atoms with Crippen molar-refractivity contribution < 1.29 is 9.47 Å². The van der Waals surface area contributed by atoms with E-state index < -0.39 is 0 Å². The van der Waals surface area contributed by atoms with Crippen molar-refractivity contribution in [2.75, 3.05) is 19.5 Å². The molecule has 5 nitrogen and oxygen atoms in total. The van der Waals surface area contributed by atoms with Crippen LogP contribution in [0.5, 0.6) is 11.5 Å². The molecule has 3 aromatic rings. The van der Waals surface area contributed by atoms with Gasteiger partial charge in [-0.25, -0.2) is 9.97 Å². The molecule has 0 aliphatic carbocycles. The number of ether oxygens (including phenoxy) is 2. The van der Waals surface area contributed by atoms with E-state index in [-0.39, 0.29) is 0 Å². The zero-order valence-electron chi connectivity index (χ0n) is 13.9. The zero-order valence-corrected chi connectivity index (χ0v) is 14.8. The minimum absolute atomic E-state index is 0.570. The third kappa shape index (κ3) is 3.13. The Bertz CT molecular complexity index is 930. The second-order valence-corrected chi connectivity index (χ2v) is 6.59. The van der Waals surface area contributed by atoms with Crippen molar-refractivity contribution in [3.05, 3.63) is 54.2 Å². The van der Waals surface area contributed by atoms with Gasteiger partial charge in [-0.3, -0.25) is 0 Å². The molecule has 2 aromatic carbocycles. The molecule has 0 radical (unpaired) electrons. The smallest absolute Gasteiger partial charge is 0.227 e. The van der Waals surface area contributed by atoms with Crippen LogP contribution in [-0.4, -0.2) is 24.2 Å². The molecule has 6 heteroatoms. The molecule has 0 fully saturated rings. The molecule has 126 valence electrons. The summed E-state index contributed by atoms with van der Waals surface area (Å²) in [5.41, 5.74) is 4.11. The number of aromatic nitrogens is 2. The standard InChI is InChI=1S/C19H17N3O2S/c1-23-14-5-3-4-13(8-14)21-19-20-10-12-11-25-17-9-15(24-2)6-7-16(17)18(12)22-19/h3-10H,11H2,1-2H3,(H,20,21,22). The number of nitrogens with zero attached hydrogens (tertiary/aromatic N) is 2. The van der Waals surface area contributed by atoms with Gasteiger partial charge >= 0.3 is 0 Å². The Hall–Kier alpha value is -2.73. The molecule has 25 heavy (non-hydrogen) atoms. The predicted octanol–water partition coefficient (Wildman–Crippen LogP) is 4.51. The quantitative estimate of drug-likeness (QED) is 0.746. The average molecular weight is 351 g/mol. The summed E-state index contributed by atoms with van der Waals surface area (Å²) in [5, 5.41) is 3.25. The third-order valence-electron chi connectivity index (χ3n) is 4.02. The van der Waals surface area contributed by atoms with Crippen LogP contribution < -0.4 is 14.8 Å². The number of nitrogens with one attached hydrogen (secondary N) is 1. The van der Waals surface area contributed by atoms with Gasteiger partial charge in [0, 0.05) is 39.7 Å². The highest BCUT2D eigenvalue weighted by atomic mass is 32.2. The van der Waals surface area contributed by atoms with Crippen molar-refractivity contribution in [2.24, 2.45) is 0 Å². The zero-order chi connectivity index (χ0) is 17.2. The highest BCUT2D eigenvalue weighted by molar-refractivity contribution is 7.98. The highest BCUT2D eigenvalue weighted by Gasteiger charge is 2.19. The van der Waals surface area contributed by atoms with Crippen molar-refractivity contribution in [1.82, 2.24) is 9.97 Å². The molecule has 0 unspecified atom stereocenters. The van der Waals surface area contributed by atoms with Crippen LogP contribution in [0.25, 0.3) is 11.3 Å². The van der Waals surface area contributed by atoms with Crippen LogP contribution in [0.3, 0.4) is 0 Å². The largest absolute Gasteiger partial charge is 0.497 e. The van der Waals surface area contributed by atoms with E-state index >= 15 is 0 Å². The van der Waals surface area contributed by atoms with Crippen LogP contribution in [-0.2, 0) is 5.75 Å². The molecular formula is C19H17N3O2S. The van der Waals surface area contributed by atoms with Crippen molar-refractivity contribution in [3.63, 3.8) is 0 Å². The summed E-state index contributed by atoms with van der Waals surface area (Å²) in [6.07, 6.45) is 1.89. The fourth-order valence-corrected chi connectivity index (χ4v) is 3.78. The summed E-state index contributed by atoms with van der Waals surface area (Å²) in [6.45, 7) is 0. The Labute approximate surface area is 150 Å². The maximum atomic E-state index is 5.32. The Kier molecular flexibility index (Phi) is 4.19. The molecule has 1 aliphatic rings. The van der Waals surface area contributed by atoms with Gasteiger partial charge in [0.15, 0.2) is 0 Å². The van der Waals surface area contributed by atoms with E-state index in [1.54, 1.807) is 26.0 Å². The minimum atomic E-state index is 0.570. The second kappa shape index (κ2) is 6.64. The van der Waals surface area contributed by atoms with E-state index in [1.165, 1.54) is 4.90 Å². The monoisotopic (exact) mass is 351 g/mol. The number of fused-ring (bicyclic) bond motifs is 3. The van der Waals surface area contributed by atoms with Crippen molar-refractivity contribution in [1.29, 1.82) is 0 Å². The summed E-state index contributed by atoms with van der Waals surface area (Å²) in [7, 11) is 3.33. The number of hydrogen-bond acceptors (Lipinski definition) is 6. The fraction of sp³-hybridized carbons (Fsp3) is 0.158. The fourth-order valence-electron chi connectivity index (χ4n) is 2.74. The van der Waals surface area contributed by atoms with Crippen LogP contribution in [0, 0.1) is 0 Å². The van der Waals surface area contributed by atoms with E-state index in [1.807, 2.05) is 36.5 Å². The lowest BCUT2D eigenvalue weighted by molar-refractivity contribution is 0.414. The number of benzene rings is 2. The van der Waals surface area contributed by atoms with E-state index in [2.05, 4.69) is 22.4 Å². The van der Waals surface area contributed by atoms with Crippen molar-refractivity contribution in [2.45, 2.75) is 10.6 Å². The van der Waals surface area contributed by atoms with Gasteiger partial charge < -0.3 is 14.8 Å². The van der Waals surface area contributed by atoms with Crippen molar-refractivity contribution >= 4 is 23.4 Å². The van der Waals surface area contributed by atoms with Crippen LogP contribution in [0.4, 0.5) is 11.6 Å². The summed E-state index contributed by atoms with van der Waals surface area (Å²) >= 11 is 1.78. The van der Waals surface area contributed by atoms with Gasteiger partial charge in [-0.1, -0.05) is 6.07 Å². The van der Waals surface area contributed by atoms with Crippen LogP contribution in [0.1, 0.15) is 5.56 Å². The molecule has 1 aliphatic heterocycles. The molecule has 0 spiro atoms. The number of thioether (sulfide) groups is 1. The molecule has 0 bridgehead atoms. The minimum Gasteiger partial charge on any atom is -0.497 e. The van der Waals surface area contributed by atoms with Gasteiger partial charge in [-0.2, -0.15) is 0 Å². The van der Waals surface area contributed by atoms with Crippen LogP contribution in [0.15, 0.2) is 53.6 Å². The maximum Gasteiger partial charge on any atom is 0.227 e. The van der Waals surface area contributed by atoms with E-state index in [4.69, 9.17) is 14.5 Å². The lowest BCUT2D eigenvalue weighted by atomic mass is 10.1. The average Bonchev–Trinajstić information content (AvgIpc) is 2.67. The summed E-state index contributed by atoms with van der Waals surface area (Å²) in [4.78, 5) is 10.4. The Morgan fingerprint density at radius 2 is 1.88 bits per heavy atom. The SMILES string of the molecule is COc1cccc(Nc2ncc3c(n2)-c2ccc(OC)cc2SC3)c1. The van der Waals surface area contributed by atoms with Gasteiger partial charge in [-0.15, -0.1) is 11.8 Å². The van der Waals surface area contributed by atoms with E-state index in [0.29, 0.717) is 5.95 Å². The van der Waals surface area contributed by atoms with Gasteiger partial charge in [0.05, 0.1) is 19.9 Å². The molecule has 1 aromatic heterocycles. The highest BCUT2D eigenvalue weighted by Crippen LogP contribution is 2.42. The first-order valence-electron chi connectivity index (χ1n) is 7.85. The predicted molar refractivity (Wildman–Crippen MR) is 99.9 cm³/mol. The number of hydrogen-bond donors (Lipinski definition) is 1. The molecule has 0 saturated carbocycles. The lowest BCUT2D eigenvalue weighted by Gasteiger charge is -2.19. The summed E-state index contributed by atoms with van der Waals surface area (Å²) < 4.78 is 10.6. The first-order chi connectivity index (χ1) is 12.3. The number of rotatable bonds is 4. The first-order valence-corrected chi connectivity index (χ1v) is 8.83. The van der Waals surface area contributed by atoms with Gasteiger partial charge in [0.25, 0.3) is 0 Å². The number of methoxy groups -OCH3 is 2. The Morgan fingerprint density at radius 1 is 1.04 bits per heavy atom. The molecule has 2 heterocycles. The first kappa shape index (κ1) is 15.8. The molecule has 0 amide bonds. The summed E-state index contributed by atoms with van der Waals surface area (Å²) in [6, 6.07) is 13.8. The Morgan fingerprint density at radius 3 is 2.72 bits per heavy atom. The lowest BCUT2D eigenvalue weighted by Crippen LogP contribution is -2.04. The third-order valence-corrected chi connectivity index (χ3v) is 5.12. The maximum absolute atomic E-state index is 5.32. The molecule has 0 saturated heterocycles. The van der Waals surface area contributed by atoms with Gasteiger partial charge in [0.1, 0.15) is 11.5 Å². The normalized spacial score (nSPS) is 12.1. The van der Waals surface area contributed by atoms with Crippen LogP contribution in [0.2, 0.25) is 0 Å². The van der Waals surface area contributed by atoms with Gasteiger partial charge in [0.2, 0.25) is 5.95 Å². The topological polar surface area (TPSA) is 56.3 Å². The van der Waals surface area contributed by atoms with Crippen molar-refractivity contribution in [3.8, 4) is 22.8 Å². The molecular weight excluding hydrogens is 334 g/mol. The number of anilines is 2. The van der Waals surface area contributed by atoms with Gasteiger partial charge in [-0.05, 0) is 30.3 Å². The molecule has 4 rings (SSSR count). The second-order valence-electron chi connectivity index (χ2n) is 5.58.